The van der Waals surface area contributed by atoms with E-state index in [9.17, 15) is 0 Å². The fourth-order valence-corrected chi connectivity index (χ4v) is 10.8. The molecule has 7 heteroatoms. The number of aryl methyl sites for hydroxylation is 1. The molecule has 14 aromatic rings. The van der Waals surface area contributed by atoms with Gasteiger partial charge in [-0.2, -0.15) is 18.2 Å². The van der Waals surface area contributed by atoms with Crippen molar-refractivity contribution in [2.24, 2.45) is 0 Å². The second-order valence-corrected chi connectivity index (χ2v) is 20.2. The van der Waals surface area contributed by atoms with Crippen LogP contribution in [0, 0.1) is 25.3 Å². The first-order valence-corrected chi connectivity index (χ1v) is 25.5. The first-order valence-electron chi connectivity index (χ1n) is 29.5. The van der Waals surface area contributed by atoms with E-state index in [0.717, 1.165) is 88.4 Å². The third kappa shape index (κ3) is 8.32. The van der Waals surface area contributed by atoms with Crippen molar-refractivity contribution < 1.29 is 45.8 Å². The van der Waals surface area contributed by atoms with Gasteiger partial charge in [0.05, 0.1) is 23.6 Å². The quantitative estimate of drug-likeness (QED) is 0.107. The van der Waals surface area contributed by atoms with Crippen molar-refractivity contribution >= 4 is 54.8 Å². The number of rotatable bonds is 9. The molecule has 0 aliphatic heterocycles. The largest absolute Gasteiger partial charge is 0.510 e. The number of benzene rings is 10. The van der Waals surface area contributed by atoms with Crippen molar-refractivity contribution in [1.29, 1.82) is 0 Å². The zero-order valence-corrected chi connectivity index (χ0v) is 44.7. The smallest absolute Gasteiger partial charge is 0.268 e. The fourth-order valence-electron chi connectivity index (χ4n) is 10.8. The maximum absolute atomic E-state index is 8.67. The molecule has 0 saturated carbocycles. The molecule has 6 nitrogen and oxygen atoms in total. The second kappa shape index (κ2) is 19.5. The maximum atomic E-state index is 8.67. The van der Waals surface area contributed by atoms with Crippen LogP contribution in [0.25, 0.3) is 116 Å². The van der Waals surface area contributed by atoms with Gasteiger partial charge in [0.1, 0.15) is 17.0 Å². The molecular formula is C71H50N4O2Pt-2. The monoisotopic (exact) mass is 1190 g/mol. The number of hydrogen-bond donors (Lipinski definition) is 0. The molecule has 78 heavy (non-hydrogen) atoms. The molecule has 378 valence electrons. The summed E-state index contributed by atoms with van der Waals surface area (Å²) in [5.41, 5.74) is 12.8. The molecule has 0 unspecified atom stereocenters. The number of ether oxygens (including phenoxy) is 1. The minimum atomic E-state index is -2.76. The zero-order valence-electron chi connectivity index (χ0n) is 50.5. The first kappa shape index (κ1) is 40.2. The number of nitrogens with zero attached hydrogens (tertiary/aromatic N) is 4. The summed E-state index contributed by atoms with van der Waals surface area (Å²) >= 11 is 0. The van der Waals surface area contributed by atoms with E-state index in [2.05, 4.69) is 153 Å². The molecule has 0 bridgehead atoms. The van der Waals surface area contributed by atoms with Crippen LogP contribution < -0.4 is 9.30 Å². The van der Waals surface area contributed by atoms with E-state index in [1.165, 1.54) is 12.3 Å². The Balaban J connectivity index is 0.00000686. The Bertz CT molecular complexity index is 5000. The molecular weight excluding hydrogens is 1140 g/mol. The summed E-state index contributed by atoms with van der Waals surface area (Å²) in [6.45, 7) is 3.94. The van der Waals surface area contributed by atoms with E-state index in [4.69, 9.17) is 25.1 Å². The molecule has 14 rings (SSSR count). The Hall–Kier alpha value is -9.09. The first-order chi connectivity index (χ1) is 41.0. The molecule has 0 aliphatic carbocycles. The predicted molar refractivity (Wildman–Crippen MR) is 312 cm³/mol. The number of fused-ring (bicyclic) bond motifs is 7. The summed E-state index contributed by atoms with van der Waals surface area (Å²) in [7, 11) is 0. The molecule has 0 fully saturated rings. The van der Waals surface area contributed by atoms with Crippen molar-refractivity contribution in [2.75, 3.05) is 0 Å². The molecule has 0 saturated heterocycles. The molecule has 0 radical (unpaired) electrons. The average molecular weight is 1190 g/mol. The van der Waals surface area contributed by atoms with Gasteiger partial charge < -0.3 is 18.3 Å². The van der Waals surface area contributed by atoms with Gasteiger partial charge in [0.25, 0.3) is 6.33 Å². The Morgan fingerprint density at radius 1 is 0.564 bits per heavy atom. The van der Waals surface area contributed by atoms with Gasteiger partial charge in [0.2, 0.25) is 0 Å². The second-order valence-electron chi connectivity index (χ2n) is 20.2. The number of imidazole rings is 1. The Morgan fingerprint density at radius 2 is 1.24 bits per heavy atom. The van der Waals surface area contributed by atoms with E-state index >= 15 is 0 Å². The van der Waals surface area contributed by atoms with Crippen LogP contribution in [0.3, 0.4) is 0 Å². The fraction of sp³-hybridized carbons (Fsp3) is 0.0704. The van der Waals surface area contributed by atoms with Crippen molar-refractivity contribution in [3.05, 3.63) is 260 Å². The van der Waals surface area contributed by atoms with Gasteiger partial charge in [-0.1, -0.05) is 196 Å². The van der Waals surface area contributed by atoms with Crippen LogP contribution in [0.15, 0.2) is 235 Å². The predicted octanol–water partition coefficient (Wildman–Crippen LogP) is 17.8. The molecule has 0 aliphatic rings. The molecule has 0 spiro atoms. The SMILES string of the molecule is [2H]c1c([2H])c([2H])c(-c2cnc(-n3c4[c-]c(Oc5[c-]c(-n6[c-][n+](-c7c(-c8cc(-c9ccccc9)c9oc%10c(-c%11ccccc%11)cccc%10c9c8)cccc7C(C)(C)C)c7ccccc76)ccc5)ccc4c4ccccc43)cc2C([2H])([2H])[2H])c([2H])c1[2H].[Pt]. The molecule has 0 atom stereocenters. The Kier molecular flexibility index (Phi) is 10.0. The number of aromatic nitrogens is 4. The summed E-state index contributed by atoms with van der Waals surface area (Å²) in [6, 6.07) is 69.2. The van der Waals surface area contributed by atoms with Crippen LogP contribution in [0.2, 0.25) is 0 Å². The zero-order chi connectivity index (χ0) is 58.6. The molecule has 0 amide bonds. The van der Waals surface area contributed by atoms with Crippen molar-refractivity contribution in [1.82, 2.24) is 14.1 Å². The Labute approximate surface area is 478 Å². The summed E-state index contributed by atoms with van der Waals surface area (Å²) in [5.74, 6) is 0.976. The van der Waals surface area contributed by atoms with Crippen LogP contribution in [-0.2, 0) is 26.5 Å². The minimum absolute atomic E-state index is 0. The number of furan rings is 1. The van der Waals surface area contributed by atoms with E-state index in [1.807, 2.05) is 83.4 Å². The van der Waals surface area contributed by atoms with Gasteiger partial charge in [0.15, 0.2) is 0 Å². The van der Waals surface area contributed by atoms with E-state index in [1.54, 1.807) is 4.57 Å². The number of hydrogen-bond acceptors (Lipinski definition) is 3. The Morgan fingerprint density at radius 3 is 2.04 bits per heavy atom. The van der Waals surface area contributed by atoms with Crippen LogP contribution in [-0.4, -0.2) is 14.1 Å². The molecule has 4 aromatic heterocycles. The molecule has 10 aromatic carbocycles. The van der Waals surface area contributed by atoms with Crippen molar-refractivity contribution in [2.45, 2.75) is 33.0 Å². The standard InChI is InChI=1S/C71H50N4O2.Pt/c1-46-39-67(72-44-61(46)49-25-12-7-13-26-49)75-63-34-15-14-29-56(63)57-38-37-53(43-66(57)75)76-52-28-18-27-51(42-52)73-45-74(65-36-17-16-35-64(65)73)68-54(30-20-33-62(68)71(2,3)4)50-40-59(48-23-10-6-11-24-48)70-60(41-50)58-32-19-31-55(69(58)77-70)47-21-8-5-9-22-47;/h5-41,44H,1-4H3;/q-2;/i1D3,7D,12D,13D,25D,26D;. The van der Waals surface area contributed by atoms with Crippen LogP contribution in [0.5, 0.6) is 11.5 Å². The topological polar surface area (TPSA) is 49.0 Å². The van der Waals surface area contributed by atoms with Gasteiger partial charge in [-0.15, -0.1) is 29.7 Å². The summed E-state index contributed by atoms with van der Waals surface area (Å²) in [6.07, 6.45) is 5.07. The maximum Gasteiger partial charge on any atom is 0.268 e. The number of para-hydroxylation sites is 5. The summed E-state index contributed by atoms with van der Waals surface area (Å²) in [5, 5.41) is 3.69. The normalized spacial score (nSPS) is 13.4. The van der Waals surface area contributed by atoms with E-state index < -0.39 is 37.1 Å². The van der Waals surface area contributed by atoms with Crippen LogP contribution in [0.1, 0.15) is 42.9 Å². The van der Waals surface area contributed by atoms with Crippen molar-refractivity contribution in [3.63, 3.8) is 0 Å². The number of pyridine rings is 1. The van der Waals surface area contributed by atoms with Gasteiger partial charge in [-0.05, 0) is 86.6 Å². The van der Waals surface area contributed by atoms with Crippen molar-refractivity contribution in [3.8, 4) is 73.2 Å². The third-order valence-corrected chi connectivity index (χ3v) is 14.4. The van der Waals surface area contributed by atoms with Crippen LogP contribution >= 0.6 is 0 Å². The summed E-state index contributed by atoms with van der Waals surface area (Å²) < 4.78 is 87.6. The van der Waals surface area contributed by atoms with Gasteiger partial charge in [-0.25, -0.2) is 4.98 Å². The minimum Gasteiger partial charge on any atom is -0.510 e. The van der Waals surface area contributed by atoms with Gasteiger partial charge in [-0.3, -0.25) is 4.57 Å². The van der Waals surface area contributed by atoms with Gasteiger partial charge in [0, 0.05) is 75.9 Å². The summed E-state index contributed by atoms with van der Waals surface area (Å²) in [4.78, 5) is 4.73. The average Bonchev–Trinajstić information content (AvgIpc) is 4.10. The van der Waals surface area contributed by atoms with E-state index in [-0.39, 0.29) is 49.0 Å². The van der Waals surface area contributed by atoms with Crippen LogP contribution in [0.4, 0.5) is 0 Å². The van der Waals surface area contributed by atoms with E-state index in [0.29, 0.717) is 28.2 Å². The van der Waals surface area contributed by atoms with Gasteiger partial charge >= 0.3 is 0 Å². The third-order valence-electron chi connectivity index (χ3n) is 14.4. The molecule has 4 heterocycles. The molecule has 0 N–H and O–H groups in total.